The number of hydrogen-bond acceptors (Lipinski definition) is 4. The Morgan fingerprint density at radius 3 is 2.76 bits per heavy atom. The summed E-state index contributed by atoms with van der Waals surface area (Å²) in [7, 11) is 0. The van der Waals surface area contributed by atoms with Gasteiger partial charge in [0.1, 0.15) is 11.4 Å². The molecule has 25 heavy (non-hydrogen) atoms. The Labute approximate surface area is 144 Å². The summed E-state index contributed by atoms with van der Waals surface area (Å²) in [6.07, 6.45) is 3.13. The van der Waals surface area contributed by atoms with E-state index in [1.54, 1.807) is 13.1 Å². The molecular formula is C18H18FN3O3. The average Bonchev–Trinajstić information content (AvgIpc) is 3.03. The van der Waals surface area contributed by atoms with E-state index in [2.05, 4.69) is 10.2 Å². The molecule has 1 aliphatic rings. The highest BCUT2D eigenvalue weighted by atomic mass is 19.1. The highest BCUT2D eigenvalue weighted by Crippen LogP contribution is 2.30. The molecular weight excluding hydrogens is 325 g/mol. The highest BCUT2D eigenvalue weighted by molar-refractivity contribution is 6.17. The van der Waals surface area contributed by atoms with Crippen molar-refractivity contribution in [3.05, 3.63) is 59.3 Å². The molecule has 7 heteroatoms. The van der Waals surface area contributed by atoms with E-state index in [0.717, 1.165) is 5.56 Å². The number of hydrogen-bond donors (Lipinski definition) is 1. The van der Waals surface area contributed by atoms with Crippen LogP contribution in [0.15, 0.2) is 36.7 Å². The van der Waals surface area contributed by atoms with Crippen molar-refractivity contribution >= 4 is 17.4 Å². The van der Waals surface area contributed by atoms with Crippen LogP contribution in [0.2, 0.25) is 0 Å². The molecule has 0 aliphatic carbocycles. The molecule has 0 radical (unpaired) electrons. The number of benzene rings is 1. The Hall–Kier alpha value is -2.96. The van der Waals surface area contributed by atoms with Crippen molar-refractivity contribution < 1.29 is 18.7 Å². The number of ether oxygens (including phenoxy) is 1. The van der Waals surface area contributed by atoms with Crippen molar-refractivity contribution in [2.75, 3.05) is 13.2 Å². The molecule has 2 heterocycles. The molecule has 1 aromatic heterocycles. The van der Waals surface area contributed by atoms with Crippen LogP contribution in [0.3, 0.4) is 0 Å². The van der Waals surface area contributed by atoms with Crippen LogP contribution in [0, 0.1) is 5.82 Å². The van der Waals surface area contributed by atoms with Gasteiger partial charge in [-0.05, 0) is 31.2 Å². The number of aromatic nitrogens is 2. The van der Waals surface area contributed by atoms with E-state index in [1.807, 2.05) is 6.92 Å². The van der Waals surface area contributed by atoms with Gasteiger partial charge in [-0.25, -0.2) is 9.18 Å². The Kier molecular flexibility index (Phi) is 4.65. The lowest BCUT2D eigenvalue weighted by Gasteiger charge is -2.20. The zero-order chi connectivity index (χ0) is 18.0. The number of esters is 1. The topological polar surface area (TPSA) is 75.3 Å². The molecule has 0 spiro atoms. The Morgan fingerprint density at radius 2 is 2.08 bits per heavy atom. The van der Waals surface area contributed by atoms with E-state index in [1.165, 1.54) is 35.4 Å². The molecule has 0 bridgehead atoms. The molecule has 2 aromatic rings. The van der Waals surface area contributed by atoms with Crippen LogP contribution in [0.4, 0.5) is 4.39 Å². The van der Waals surface area contributed by atoms with Crippen LogP contribution < -0.4 is 0 Å². The van der Waals surface area contributed by atoms with Gasteiger partial charge in [0.25, 0.3) is 5.91 Å². The largest absolute Gasteiger partial charge is 0.462 e. The van der Waals surface area contributed by atoms with Gasteiger partial charge in [-0.3, -0.25) is 9.89 Å². The third kappa shape index (κ3) is 3.31. The first-order chi connectivity index (χ1) is 12.0. The average molecular weight is 343 g/mol. The lowest BCUT2D eigenvalue weighted by Crippen LogP contribution is -2.29. The minimum Gasteiger partial charge on any atom is -0.462 e. The summed E-state index contributed by atoms with van der Waals surface area (Å²) < 4.78 is 18.2. The van der Waals surface area contributed by atoms with E-state index in [0.29, 0.717) is 17.8 Å². The van der Waals surface area contributed by atoms with Gasteiger partial charge in [-0.1, -0.05) is 6.92 Å². The Balaban J connectivity index is 2.00. The molecule has 1 unspecified atom stereocenters. The standard InChI is InChI=1S/C18H18FN3O3/c1-3-25-18(24)15-10-22(9-11(2)14-8-20-21-16(14)15)17(23)12-4-6-13(19)7-5-12/h4-8,10-11H,3,9H2,1-2H3,(H,20,21). The van der Waals surface area contributed by atoms with E-state index in [-0.39, 0.29) is 24.0 Å². The van der Waals surface area contributed by atoms with Gasteiger partial charge in [0.15, 0.2) is 0 Å². The van der Waals surface area contributed by atoms with Crippen molar-refractivity contribution in [3.63, 3.8) is 0 Å². The molecule has 0 fully saturated rings. The summed E-state index contributed by atoms with van der Waals surface area (Å²) in [6, 6.07) is 5.31. The Bertz CT molecular complexity index is 826. The normalized spacial score (nSPS) is 16.7. The minimum absolute atomic E-state index is 0.0404. The van der Waals surface area contributed by atoms with Crippen LogP contribution in [0.25, 0.3) is 5.57 Å². The summed E-state index contributed by atoms with van der Waals surface area (Å²) in [5.74, 6) is -1.29. The summed E-state index contributed by atoms with van der Waals surface area (Å²) in [5.41, 5.74) is 1.99. The summed E-state index contributed by atoms with van der Waals surface area (Å²) in [6.45, 7) is 4.25. The van der Waals surface area contributed by atoms with Crippen molar-refractivity contribution in [3.8, 4) is 0 Å². The number of rotatable bonds is 3. The number of halogens is 1. The maximum atomic E-state index is 13.1. The van der Waals surface area contributed by atoms with Crippen molar-refractivity contribution in [2.24, 2.45) is 0 Å². The van der Waals surface area contributed by atoms with Gasteiger partial charge in [0.05, 0.1) is 18.5 Å². The van der Waals surface area contributed by atoms with Crippen LogP contribution in [-0.4, -0.2) is 40.1 Å². The number of aromatic amines is 1. The van der Waals surface area contributed by atoms with Crippen LogP contribution in [0.1, 0.15) is 41.4 Å². The second-order valence-electron chi connectivity index (χ2n) is 5.83. The van der Waals surface area contributed by atoms with Gasteiger partial charge >= 0.3 is 5.97 Å². The van der Waals surface area contributed by atoms with Crippen molar-refractivity contribution in [1.29, 1.82) is 0 Å². The second-order valence-corrected chi connectivity index (χ2v) is 5.83. The van der Waals surface area contributed by atoms with E-state index in [9.17, 15) is 14.0 Å². The second kappa shape index (κ2) is 6.88. The summed E-state index contributed by atoms with van der Waals surface area (Å²) in [4.78, 5) is 26.6. The first-order valence-electron chi connectivity index (χ1n) is 8.00. The van der Waals surface area contributed by atoms with E-state index >= 15 is 0 Å². The fraction of sp³-hybridized carbons (Fsp3) is 0.278. The molecule has 130 valence electrons. The number of nitrogens with zero attached hydrogens (tertiary/aromatic N) is 2. The van der Waals surface area contributed by atoms with Crippen LogP contribution in [0.5, 0.6) is 0 Å². The van der Waals surface area contributed by atoms with E-state index in [4.69, 9.17) is 4.74 Å². The number of fused-ring (bicyclic) bond motifs is 1. The lowest BCUT2D eigenvalue weighted by atomic mass is 10.00. The maximum absolute atomic E-state index is 13.1. The predicted molar refractivity (Wildman–Crippen MR) is 89.0 cm³/mol. The molecule has 3 rings (SSSR count). The van der Waals surface area contributed by atoms with Gasteiger partial charge in [-0.15, -0.1) is 0 Å². The zero-order valence-corrected chi connectivity index (χ0v) is 14.0. The van der Waals surface area contributed by atoms with Crippen molar-refractivity contribution in [1.82, 2.24) is 15.1 Å². The fourth-order valence-electron chi connectivity index (χ4n) is 2.81. The SMILES string of the molecule is CCOC(=O)C1=CN(C(=O)c2ccc(F)cc2)CC(C)c2cn[nH]c21. The Morgan fingerprint density at radius 1 is 1.36 bits per heavy atom. The monoisotopic (exact) mass is 343 g/mol. The smallest absolute Gasteiger partial charge is 0.341 e. The van der Waals surface area contributed by atoms with Crippen LogP contribution in [-0.2, 0) is 9.53 Å². The van der Waals surface area contributed by atoms with Crippen LogP contribution >= 0.6 is 0 Å². The molecule has 0 saturated heterocycles. The number of H-pyrrole nitrogens is 1. The maximum Gasteiger partial charge on any atom is 0.341 e. The molecule has 1 aliphatic heterocycles. The quantitative estimate of drug-likeness (QED) is 0.870. The predicted octanol–water partition coefficient (Wildman–Crippen LogP) is 2.71. The fourth-order valence-corrected chi connectivity index (χ4v) is 2.81. The zero-order valence-electron chi connectivity index (χ0n) is 14.0. The van der Waals surface area contributed by atoms with Gasteiger partial charge in [0.2, 0.25) is 0 Å². The van der Waals surface area contributed by atoms with E-state index < -0.39 is 11.8 Å². The summed E-state index contributed by atoms with van der Waals surface area (Å²) >= 11 is 0. The first-order valence-corrected chi connectivity index (χ1v) is 8.00. The molecule has 1 amide bonds. The minimum atomic E-state index is -0.529. The molecule has 0 saturated carbocycles. The third-order valence-electron chi connectivity index (χ3n) is 4.07. The number of nitrogens with one attached hydrogen (secondary N) is 1. The number of carbonyl (C=O) groups excluding carboxylic acids is 2. The number of amides is 1. The summed E-state index contributed by atoms with van der Waals surface area (Å²) in [5, 5.41) is 6.83. The van der Waals surface area contributed by atoms with Gasteiger partial charge < -0.3 is 9.64 Å². The van der Waals surface area contributed by atoms with Gasteiger partial charge in [0, 0.05) is 29.8 Å². The molecule has 1 N–H and O–H groups in total. The highest BCUT2D eigenvalue weighted by Gasteiger charge is 2.29. The molecule has 1 aromatic carbocycles. The van der Waals surface area contributed by atoms with Crippen molar-refractivity contribution in [2.45, 2.75) is 19.8 Å². The lowest BCUT2D eigenvalue weighted by molar-refractivity contribution is -0.136. The van der Waals surface area contributed by atoms with Gasteiger partial charge in [-0.2, -0.15) is 5.10 Å². The molecule has 6 nitrogen and oxygen atoms in total. The molecule has 1 atom stereocenters. The first kappa shape index (κ1) is 16.9. The third-order valence-corrected chi connectivity index (χ3v) is 4.07. The number of carbonyl (C=O) groups is 2.